The van der Waals surface area contributed by atoms with Gasteiger partial charge in [-0.05, 0) is 43.7 Å². The third-order valence-electron chi connectivity index (χ3n) is 5.73. The Morgan fingerprint density at radius 2 is 1.89 bits per heavy atom. The Hall–Kier alpha value is -1.96. The fraction of sp³-hybridized carbons (Fsp3) is 0.684. The fourth-order valence-electron chi connectivity index (χ4n) is 4.01. The predicted octanol–water partition coefficient (Wildman–Crippen LogP) is 2.33. The van der Waals surface area contributed by atoms with E-state index in [0.717, 1.165) is 25.7 Å². The first-order valence-electron chi connectivity index (χ1n) is 9.68. The Labute approximate surface area is 156 Å². The van der Waals surface area contributed by atoms with Crippen LogP contribution >= 0.6 is 0 Å². The summed E-state index contributed by atoms with van der Waals surface area (Å²) < 4.78 is 38.2. The van der Waals surface area contributed by atoms with Gasteiger partial charge in [0.15, 0.2) is 0 Å². The van der Waals surface area contributed by atoms with Crippen LogP contribution in [-0.4, -0.2) is 66.7 Å². The number of rotatable bonds is 5. The summed E-state index contributed by atoms with van der Waals surface area (Å²) in [5, 5.41) is 0. The van der Waals surface area contributed by atoms with Gasteiger partial charge >= 0.3 is 0 Å². The number of carbonyl (C=O) groups is 1. The second-order valence-corrected chi connectivity index (χ2v) is 8.15. The average Bonchev–Trinajstić information content (AvgIpc) is 3.40. The molecule has 2 unspecified atom stereocenters. The summed E-state index contributed by atoms with van der Waals surface area (Å²) in [5.41, 5.74) is 0.846. The molecule has 1 amide bonds. The van der Waals surface area contributed by atoms with Crippen molar-refractivity contribution >= 4 is 11.6 Å². The van der Waals surface area contributed by atoms with Gasteiger partial charge < -0.3 is 19.3 Å². The zero-order valence-electron chi connectivity index (χ0n) is 15.1. The van der Waals surface area contributed by atoms with E-state index in [9.17, 15) is 13.6 Å². The molecule has 0 radical (unpaired) electrons. The first-order chi connectivity index (χ1) is 13.0. The number of hydrogen-bond donors (Lipinski definition) is 0. The maximum Gasteiger partial charge on any atom is 0.282 e. The van der Waals surface area contributed by atoms with Crippen molar-refractivity contribution in [2.45, 2.75) is 43.8 Å². The number of carbonyl (C=O) groups excluding carboxylic acids is 1. The molecule has 6 nitrogen and oxygen atoms in total. The summed E-state index contributed by atoms with van der Waals surface area (Å²) in [5.74, 6) is -2.02. The molecule has 4 heterocycles. The van der Waals surface area contributed by atoms with E-state index in [1.165, 1.54) is 0 Å². The number of anilines is 1. The highest BCUT2D eigenvalue weighted by Gasteiger charge is 2.45. The lowest BCUT2D eigenvalue weighted by molar-refractivity contribution is -0.0305. The Bertz CT molecular complexity index is 736. The number of amides is 1. The molecule has 0 spiro atoms. The minimum atomic E-state index is -2.67. The second kappa shape index (κ2) is 6.29. The van der Waals surface area contributed by atoms with E-state index in [0.29, 0.717) is 42.9 Å². The summed E-state index contributed by atoms with van der Waals surface area (Å²) >= 11 is 0. The molecule has 4 fully saturated rings. The van der Waals surface area contributed by atoms with Crippen LogP contribution in [0.2, 0.25) is 0 Å². The van der Waals surface area contributed by atoms with Gasteiger partial charge in [0.1, 0.15) is 11.4 Å². The number of halogens is 2. The molecule has 2 bridgehead atoms. The Kier molecular flexibility index (Phi) is 4.00. The number of hydrogen-bond acceptors (Lipinski definition) is 5. The van der Waals surface area contributed by atoms with E-state index in [1.54, 1.807) is 21.9 Å². The smallest absolute Gasteiger partial charge is 0.282 e. The van der Waals surface area contributed by atoms with Crippen molar-refractivity contribution in [3.63, 3.8) is 0 Å². The van der Waals surface area contributed by atoms with Gasteiger partial charge in [0.05, 0.1) is 31.9 Å². The molecule has 5 rings (SSSR count). The van der Waals surface area contributed by atoms with E-state index >= 15 is 0 Å². The van der Waals surface area contributed by atoms with Gasteiger partial charge in [0, 0.05) is 13.1 Å². The van der Waals surface area contributed by atoms with Crippen molar-refractivity contribution < 1.29 is 23.0 Å². The van der Waals surface area contributed by atoms with Crippen LogP contribution in [0.1, 0.15) is 36.2 Å². The summed E-state index contributed by atoms with van der Waals surface area (Å²) in [7, 11) is 0. The van der Waals surface area contributed by atoms with Crippen LogP contribution in [0.5, 0.6) is 5.88 Å². The molecule has 4 aliphatic rings. The zero-order valence-corrected chi connectivity index (χ0v) is 15.1. The molecule has 146 valence electrons. The van der Waals surface area contributed by atoms with Crippen molar-refractivity contribution in [3.05, 3.63) is 17.8 Å². The lowest BCUT2D eigenvalue weighted by Crippen LogP contribution is -2.56. The summed E-state index contributed by atoms with van der Waals surface area (Å²) in [6, 6.07) is 3.31. The molecular formula is C19H23F2N3O3. The van der Waals surface area contributed by atoms with Crippen LogP contribution < -0.4 is 9.64 Å². The molecule has 3 aliphatic heterocycles. The fourth-order valence-corrected chi connectivity index (χ4v) is 4.01. The number of fused-ring (bicyclic) bond motifs is 2. The van der Waals surface area contributed by atoms with E-state index < -0.39 is 5.92 Å². The van der Waals surface area contributed by atoms with Gasteiger partial charge in [-0.25, -0.2) is 13.8 Å². The molecule has 0 N–H and O–H groups in total. The van der Waals surface area contributed by atoms with Crippen LogP contribution in [0.25, 0.3) is 0 Å². The van der Waals surface area contributed by atoms with E-state index in [1.807, 2.05) is 0 Å². The van der Waals surface area contributed by atoms with Crippen LogP contribution in [0, 0.1) is 5.92 Å². The lowest BCUT2D eigenvalue weighted by Gasteiger charge is -2.40. The summed E-state index contributed by atoms with van der Waals surface area (Å²) in [4.78, 5) is 20.7. The molecule has 1 aliphatic carbocycles. The van der Waals surface area contributed by atoms with Crippen molar-refractivity contribution in [2.75, 3.05) is 37.7 Å². The molecule has 0 aromatic carbocycles. The molecule has 3 saturated heterocycles. The number of ether oxygens (including phenoxy) is 2. The van der Waals surface area contributed by atoms with Crippen molar-refractivity contribution in [2.24, 2.45) is 5.92 Å². The quantitative estimate of drug-likeness (QED) is 0.786. The molecular weight excluding hydrogens is 356 g/mol. The van der Waals surface area contributed by atoms with Crippen LogP contribution in [0.4, 0.5) is 14.5 Å². The van der Waals surface area contributed by atoms with Crippen LogP contribution in [-0.2, 0) is 4.74 Å². The van der Waals surface area contributed by atoms with Gasteiger partial charge in [-0.1, -0.05) is 0 Å². The maximum atomic E-state index is 13.3. The Balaban J connectivity index is 1.36. The highest BCUT2D eigenvalue weighted by molar-refractivity contribution is 5.93. The SMILES string of the molecule is O=C(c1ccc(N2CC(F)(F)C2)c(OCC2CC2)n1)N1CC2CCC(C1)O2. The number of nitrogens with zero attached hydrogens (tertiary/aromatic N) is 3. The lowest BCUT2D eigenvalue weighted by atomic mass is 10.1. The molecule has 1 saturated carbocycles. The van der Waals surface area contributed by atoms with Crippen molar-refractivity contribution in [3.8, 4) is 5.88 Å². The number of aromatic nitrogens is 1. The minimum absolute atomic E-state index is 0.112. The normalized spacial score (nSPS) is 28.8. The van der Waals surface area contributed by atoms with Crippen molar-refractivity contribution in [1.29, 1.82) is 0 Å². The first kappa shape index (κ1) is 17.2. The van der Waals surface area contributed by atoms with Gasteiger partial charge in [-0.2, -0.15) is 0 Å². The monoisotopic (exact) mass is 379 g/mol. The van der Waals surface area contributed by atoms with E-state index in [-0.39, 0.29) is 31.2 Å². The van der Waals surface area contributed by atoms with E-state index in [4.69, 9.17) is 9.47 Å². The molecule has 1 aromatic heterocycles. The van der Waals surface area contributed by atoms with Crippen molar-refractivity contribution in [1.82, 2.24) is 9.88 Å². The van der Waals surface area contributed by atoms with Gasteiger partial charge in [-0.15, -0.1) is 0 Å². The average molecular weight is 379 g/mol. The molecule has 27 heavy (non-hydrogen) atoms. The largest absolute Gasteiger partial charge is 0.476 e. The third-order valence-corrected chi connectivity index (χ3v) is 5.73. The minimum Gasteiger partial charge on any atom is -0.476 e. The van der Waals surface area contributed by atoms with Gasteiger partial charge in [0.25, 0.3) is 11.8 Å². The number of alkyl halides is 2. The standard InChI is InChI=1S/C19H23F2N3O3/c20-19(21)10-24(11-19)16-6-5-15(22-17(16)26-9-12-1-2-12)18(25)23-7-13-3-4-14(8-23)27-13/h5-6,12-14H,1-4,7-11H2. The Morgan fingerprint density at radius 3 is 2.52 bits per heavy atom. The van der Waals surface area contributed by atoms with E-state index in [2.05, 4.69) is 4.98 Å². The van der Waals surface area contributed by atoms with Gasteiger partial charge in [-0.3, -0.25) is 4.79 Å². The summed E-state index contributed by atoms with van der Waals surface area (Å²) in [6.07, 6.45) is 4.43. The zero-order chi connectivity index (χ0) is 18.6. The highest BCUT2D eigenvalue weighted by Crippen LogP contribution is 2.38. The molecule has 8 heteroatoms. The van der Waals surface area contributed by atoms with Crippen LogP contribution in [0.3, 0.4) is 0 Å². The topological polar surface area (TPSA) is 54.9 Å². The molecule has 1 aromatic rings. The predicted molar refractivity (Wildman–Crippen MR) is 93.4 cm³/mol. The van der Waals surface area contributed by atoms with Gasteiger partial charge in [0.2, 0.25) is 5.88 Å². The summed E-state index contributed by atoms with van der Waals surface area (Å²) in [6.45, 7) is 0.998. The number of likely N-dealkylation sites (tertiary alicyclic amines) is 1. The van der Waals surface area contributed by atoms with Crippen LogP contribution in [0.15, 0.2) is 12.1 Å². The highest BCUT2D eigenvalue weighted by atomic mass is 19.3. The number of morpholine rings is 1. The maximum absolute atomic E-state index is 13.3. The third kappa shape index (κ3) is 3.47. The first-order valence-corrected chi connectivity index (χ1v) is 9.68. The molecule has 2 atom stereocenters. The Morgan fingerprint density at radius 1 is 1.19 bits per heavy atom. The number of pyridine rings is 1. The second-order valence-electron chi connectivity index (χ2n) is 8.15.